The molecule has 0 unspecified atom stereocenters. The molecule has 0 radical (unpaired) electrons. The van der Waals surface area contributed by atoms with Gasteiger partial charge in [-0.05, 0) is 40.2 Å². The highest BCUT2D eigenvalue weighted by atomic mass is 79.9. The van der Waals surface area contributed by atoms with E-state index in [1.807, 2.05) is 6.07 Å². The number of hydrogen-bond acceptors (Lipinski definition) is 3. The van der Waals surface area contributed by atoms with Gasteiger partial charge in [-0.1, -0.05) is 0 Å². The Kier molecular flexibility index (Phi) is 3.28. The van der Waals surface area contributed by atoms with E-state index in [0.29, 0.717) is 17.1 Å². The SMILES string of the molecule is CNc1ncc(Br)cc1-c1cc(F)ccc1N. The monoisotopic (exact) mass is 295 g/mol. The summed E-state index contributed by atoms with van der Waals surface area (Å²) in [5.74, 6) is 0.335. The van der Waals surface area contributed by atoms with Crippen molar-refractivity contribution in [3.05, 3.63) is 40.8 Å². The summed E-state index contributed by atoms with van der Waals surface area (Å²) in [4.78, 5) is 4.21. The molecule has 1 aromatic heterocycles. The van der Waals surface area contributed by atoms with Gasteiger partial charge in [-0.2, -0.15) is 0 Å². The van der Waals surface area contributed by atoms with Gasteiger partial charge >= 0.3 is 0 Å². The fourth-order valence-corrected chi connectivity index (χ4v) is 1.94. The molecule has 88 valence electrons. The zero-order valence-corrected chi connectivity index (χ0v) is 10.8. The summed E-state index contributed by atoms with van der Waals surface area (Å²) >= 11 is 3.34. The van der Waals surface area contributed by atoms with Crippen molar-refractivity contribution >= 4 is 27.4 Å². The Morgan fingerprint density at radius 3 is 2.76 bits per heavy atom. The minimum Gasteiger partial charge on any atom is -0.398 e. The maximum absolute atomic E-state index is 13.3. The number of nitrogen functional groups attached to an aromatic ring is 1. The predicted molar refractivity (Wildman–Crippen MR) is 71.3 cm³/mol. The van der Waals surface area contributed by atoms with Gasteiger partial charge in [-0.25, -0.2) is 9.37 Å². The van der Waals surface area contributed by atoms with Gasteiger partial charge in [0.25, 0.3) is 0 Å². The minimum absolute atomic E-state index is 0.323. The lowest BCUT2D eigenvalue weighted by atomic mass is 10.0. The Morgan fingerprint density at radius 1 is 1.29 bits per heavy atom. The molecule has 0 aliphatic heterocycles. The zero-order valence-electron chi connectivity index (χ0n) is 9.17. The molecular formula is C12H11BrFN3. The molecule has 0 amide bonds. The maximum Gasteiger partial charge on any atom is 0.133 e. The summed E-state index contributed by atoms with van der Waals surface area (Å²) in [5.41, 5.74) is 7.76. The molecule has 3 N–H and O–H groups in total. The largest absolute Gasteiger partial charge is 0.398 e. The van der Waals surface area contributed by atoms with Gasteiger partial charge in [0.15, 0.2) is 0 Å². The van der Waals surface area contributed by atoms with E-state index in [4.69, 9.17) is 5.73 Å². The van der Waals surface area contributed by atoms with Crippen molar-refractivity contribution in [3.63, 3.8) is 0 Å². The summed E-state index contributed by atoms with van der Waals surface area (Å²) in [6, 6.07) is 6.14. The first-order chi connectivity index (χ1) is 8.11. The molecule has 0 spiro atoms. The summed E-state index contributed by atoms with van der Waals surface area (Å²) in [5, 5.41) is 2.96. The molecule has 17 heavy (non-hydrogen) atoms. The van der Waals surface area contributed by atoms with E-state index in [9.17, 15) is 4.39 Å². The Morgan fingerprint density at radius 2 is 2.06 bits per heavy atom. The van der Waals surface area contributed by atoms with Crippen LogP contribution in [0.5, 0.6) is 0 Å². The van der Waals surface area contributed by atoms with Gasteiger partial charge in [-0.15, -0.1) is 0 Å². The number of nitrogens with two attached hydrogens (primary N) is 1. The minimum atomic E-state index is -0.323. The number of aromatic nitrogens is 1. The molecule has 0 aliphatic rings. The van der Waals surface area contributed by atoms with E-state index in [1.165, 1.54) is 12.1 Å². The number of anilines is 2. The van der Waals surface area contributed by atoms with E-state index < -0.39 is 0 Å². The lowest BCUT2D eigenvalue weighted by Crippen LogP contribution is -1.98. The smallest absolute Gasteiger partial charge is 0.133 e. The Hall–Kier alpha value is -1.62. The third kappa shape index (κ3) is 2.39. The molecule has 0 bridgehead atoms. The first kappa shape index (κ1) is 11.9. The van der Waals surface area contributed by atoms with Crippen LogP contribution in [0.4, 0.5) is 15.9 Å². The maximum atomic E-state index is 13.3. The lowest BCUT2D eigenvalue weighted by molar-refractivity contribution is 0.628. The van der Waals surface area contributed by atoms with E-state index >= 15 is 0 Å². The molecule has 2 aromatic rings. The second-order valence-electron chi connectivity index (χ2n) is 3.53. The standard InChI is InChI=1S/C12H11BrFN3/c1-16-12-10(4-7(13)6-17-12)9-5-8(14)2-3-11(9)15/h2-6H,15H2,1H3,(H,16,17). The highest BCUT2D eigenvalue weighted by Crippen LogP contribution is 2.33. The van der Waals surface area contributed by atoms with Gasteiger partial charge in [0, 0.05) is 34.5 Å². The Labute approximate surface area is 107 Å². The third-order valence-corrected chi connectivity index (χ3v) is 2.83. The van der Waals surface area contributed by atoms with E-state index in [1.54, 1.807) is 19.3 Å². The van der Waals surface area contributed by atoms with Gasteiger partial charge < -0.3 is 11.1 Å². The predicted octanol–water partition coefficient (Wildman–Crippen LogP) is 3.27. The second-order valence-corrected chi connectivity index (χ2v) is 4.45. The number of halogens is 2. The van der Waals surface area contributed by atoms with Crippen LogP contribution in [-0.2, 0) is 0 Å². The van der Waals surface area contributed by atoms with E-state index in [2.05, 4.69) is 26.2 Å². The number of hydrogen-bond donors (Lipinski definition) is 2. The van der Waals surface area contributed by atoms with Crippen LogP contribution in [0, 0.1) is 5.82 Å². The molecule has 0 saturated carbocycles. The van der Waals surface area contributed by atoms with Crippen molar-refractivity contribution < 1.29 is 4.39 Å². The number of nitrogens with one attached hydrogen (secondary N) is 1. The van der Waals surface area contributed by atoms with Crippen molar-refractivity contribution in [2.75, 3.05) is 18.1 Å². The van der Waals surface area contributed by atoms with E-state index in [0.717, 1.165) is 10.0 Å². The summed E-state index contributed by atoms with van der Waals surface area (Å²) in [6.45, 7) is 0. The van der Waals surface area contributed by atoms with Crippen LogP contribution in [-0.4, -0.2) is 12.0 Å². The molecule has 0 saturated heterocycles. The van der Waals surface area contributed by atoms with Crippen molar-refractivity contribution in [1.29, 1.82) is 0 Å². The molecule has 0 fully saturated rings. The number of benzene rings is 1. The van der Waals surface area contributed by atoms with Gasteiger partial charge in [0.2, 0.25) is 0 Å². The van der Waals surface area contributed by atoms with Crippen molar-refractivity contribution in [2.24, 2.45) is 0 Å². The average Bonchev–Trinajstić information content (AvgIpc) is 2.32. The van der Waals surface area contributed by atoms with Gasteiger partial charge in [-0.3, -0.25) is 0 Å². The quantitative estimate of drug-likeness (QED) is 0.836. The summed E-state index contributed by atoms with van der Waals surface area (Å²) < 4.78 is 14.1. The van der Waals surface area contributed by atoms with Crippen LogP contribution >= 0.6 is 15.9 Å². The van der Waals surface area contributed by atoms with Crippen LogP contribution in [0.2, 0.25) is 0 Å². The van der Waals surface area contributed by atoms with Gasteiger partial charge in [0.1, 0.15) is 11.6 Å². The van der Waals surface area contributed by atoms with Crippen LogP contribution in [0.1, 0.15) is 0 Å². The highest BCUT2D eigenvalue weighted by Gasteiger charge is 2.10. The number of nitrogens with zero attached hydrogens (tertiary/aromatic N) is 1. The molecule has 2 rings (SSSR count). The van der Waals surface area contributed by atoms with Crippen LogP contribution in [0.25, 0.3) is 11.1 Å². The number of rotatable bonds is 2. The normalized spacial score (nSPS) is 10.3. The van der Waals surface area contributed by atoms with Crippen LogP contribution in [0.3, 0.4) is 0 Å². The molecule has 3 nitrogen and oxygen atoms in total. The molecule has 1 aromatic carbocycles. The summed E-state index contributed by atoms with van der Waals surface area (Å²) in [7, 11) is 1.76. The van der Waals surface area contributed by atoms with Crippen LogP contribution in [0.15, 0.2) is 34.9 Å². The first-order valence-corrected chi connectivity index (χ1v) is 5.80. The van der Waals surface area contributed by atoms with Crippen molar-refractivity contribution in [3.8, 4) is 11.1 Å². The topological polar surface area (TPSA) is 50.9 Å². The third-order valence-electron chi connectivity index (χ3n) is 2.40. The average molecular weight is 296 g/mol. The Balaban J connectivity index is 2.66. The fourth-order valence-electron chi connectivity index (χ4n) is 1.61. The Bertz CT molecular complexity index is 557. The van der Waals surface area contributed by atoms with Crippen LogP contribution < -0.4 is 11.1 Å². The molecule has 0 atom stereocenters. The molecule has 5 heteroatoms. The molecule has 1 heterocycles. The van der Waals surface area contributed by atoms with Gasteiger partial charge in [0.05, 0.1) is 0 Å². The number of pyridine rings is 1. The second kappa shape index (κ2) is 4.71. The zero-order chi connectivity index (χ0) is 12.4. The lowest BCUT2D eigenvalue weighted by Gasteiger charge is -2.11. The fraction of sp³-hybridized carbons (Fsp3) is 0.0833. The first-order valence-electron chi connectivity index (χ1n) is 5.00. The van der Waals surface area contributed by atoms with Crippen molar-refractivity contribution in [2.45, 2.75) is 0 Å². The molecule has 0 aliphatic carbocycles. The molecular weight excluding hydrogens is 285 g/mol. The highest BCUT2D eigenvalue weighted by molar-refractivity contribution is 9.10. The summed E-state index contributed by atoms with van der Waals surface area (Å²) in [6.07, 6.45) is 1.67. The van der Waals surface area contributed by atoms with Crippen molar-refractivity contribution in [1.82, 2.24) is 4.98 Å². The van der Waals surface area contributed by atoms with E-state index in [-0.39, 0.29) is 5.82 Å².